The maximum atomic E-state index is 13.8. The highest BCUT2D eigenvalue weighted by Gasteiger charge is 2.15. The van der Waals surface area contributed by atoms with E-state index >= 15 is 0 Å². The van der Waals surface area contributed by atoms with Crippen molar-refractivity contribution in [2.75, 3.05) is 12.8 Å². The van der Waals surface area contributed by atoms with E-state index in [0.717, 1.165) is 0 Å². The minimum atomic E-state index is -0.560. The van der Waals surface area contributed by atoms with E-state index in [1.807, 2.05) is 0 Å². The van der Waals surface area contributed by atoms with Gasteiger partial charge in [0.15, 0.2) is 11.6 Å². The zero-order valence-electron chi connectivity index (χ0n) is 10.2. The molecule has 0 spiro atoms. The van der Waals surface area contributed by atoms with E-state index in [1.54, 1.807) is 17.5 Å². The molecule has 2 rings (SSSR count). The first-order chi connectivity index (χ1) is 9.13. The molecule has 100 valence electrons. The summed E-state index contributed by atoms with van der Waals surface area (Å²) in [5, 5.41) is 1.69. The van der Waals surface area contributed by atoms with Crippen LogP contribution in [0.25, 0.3) is 0 Å². The van der Waals surface area contributed by atoms with Gasteiger partial charge in [-0.2, -0.15) is 0 Å². The number of halogens is 1. The van der Waals surface area contributed by atoms with Crippen LogP contribution in [-0.4, -0.2) is 13.1 Å². The molecule has 0 unspecified atom stereocenters. The highest BCUT2D eigenvalue weighted by Crippen LogP contribution is 2.23. The molecule has 0 radical (unpaired) electrons. The molecule has 4 nitrogen and oxygen atoms in total. The first-order valence-electron chi connectivity index (χ1n) is 5.45. The minimum Gasteiger partial charge on any atom is -0.494 e. The summed E-state index contributed by atoms with van der Waals surface area (Å²) in [5.41, 5.74) is 6.22. The molecule has 0 aliphatic carbocycles. The third kappa shape index (κ3) is 2.85. The normalized spacial score (nSPS) is 10.2. The molecule has 0 saturated heterocycles. The van der Waals surface area contributed by atoms with Crippen molar-refractivity contribution in [2.24, 2.45) is 0 Å². The zero-order chi connectivity index (χ0) is 13.8. The summed E-state index contributed by atoms with van der Waals surface area (Å²) in [6, 6.07) is 6.28. The van der Waals surface area contributed by atoms with E-state index < -0.39 is 11.8 Å². The Balaban J connectivity index is 2.07. The van der Waals surface area contributed by atoms with Crippen molar-refractivity contribution in [1.82, 2.24) is 0 Å². The number of hydrogen-bond acceptors (Lipinski definition) is 5. The Hall–Kier alpha value is -2.08. The summed E-state index contributed by atoms with van der Waals surface area (Å²) >= 11 is 1.19. The molecule has 0 bridgehead atoms. The van der Waals surface area contributed by atoms with Gasteiger partial charge in [0.2, 0.25) is 0 Å². The molecule has 1 heterocycles. The highest BCUT2D eigenvalue weighted by atomic mass is 32.1. The molecule has 2 aromatic rings. The van der Waals surface area contributed by atoms with Gasteiger partial charge in [0.25, 0.3) is 0 Å². The minimum absolute atomic E-state index is 0.115. The quantitative estimate of drug-likeness (QED) is 0.875. The van der Waals surface area contributed by atoms with Crippen molar-refractivity contribution < 1.29 is 18.7 Å². The number of ether oxygens (including phenoxy) is 2. The maximum Gasteiger partial charge on any atom is 0.350 e. The lowest BCUT2D eigenvalue weighted by Crippen LogP contribution is -2.07. The Morgan fingerprint density at radius 1 is 1.42 bits per heavy atom. The van der Waals surface area contributed by atoms with Crippen LogP contribution in [0, 0.1) is 5.82 Å². The van der Waals surface area contributed by atoms with Gasteiger partial charge in [0.05, 0.1) is 12.8 Å². The smallest absolute Gasteiger partial charge is 0.350 e. The summed E-state index contributed by atoms with van der Waals surface area (Å²) in [7, 11) is 1.38. The van der Waals surface area contributed by atoms with Crippen LogP contribution in [0.15, 0.2) is 29.6 Å². The number of esters is 1. The second kappa shape index (κ2) is 5.71. The summed E-state index contributed by atoms with van der Waals surface area (Å²) in [6.07, 6.45) is 0. The molecule has 1 aromatic carbocycles. The molecular formula is C13H12FNO3S. The first kappa shape index (κ1) is 13.4. The highest BCUT2D eigenvalue weighted by molar-refractivity contribution is 7.12. The Kier molecular flexibility index (Phi) is 4.01. The topological polar surface area (TPSA) is 61.5 Å². The SMILES string of the molecule is COc1cccc(COC(=O)c2sccc2N)c1F. The van der Waals surface area contributed by atoms with Crippen LogP contribution in [0.1, 0.15) is 15.2 Å². The number of carbonyl (C=O) groups is 1. The van der Waals surface area contributed by atoms with Gasteiger partial charge < -0.3 is 15.2 Å². The number of nitrogens with two attached hydrogens (primary N) is 1. The molecular weight excluding hydrogens is 269 g/mol. The van der Waals surface area contributed by atoms with Crippen molar-refractivity contribution in [1.29, 1.82) is 0 Å². The van der Waals surface area contributed by atoms with Crippen LogP contribution in [0.4, 0.5) is 10.1 Å². The van der Waals surface area contributed by atoms with Crippen LogP contribution in [0.3, 0.4) is 0 Å². The van der Waals surface area contributed by atoms with E-state index in [4.69, 9.17) is 15.2 Å². The molecule has 0 atom stereocenters. The fraction of sp³-hybridized carbons (Fsp3) is 0.154. The second-order valence-corrected chi connectivity index (χ2v) is 4.63. The average Bonchev–Trinajstić information content (AvgIpc) is 2.83. The van der Waals surface area contributed by atoms with E-state index in [9.17, 15) is 9.18 Å². The lowest BCUT2D eigenvalue weighted by atomic mass is 10.2. The van der Waals surface area contributed by atoms with Crippen LogP contribution < -0.4 is 10.5 Å². The monoisotopic (exact) mass is 281 g/mol. The van der Waals surface area contributed by atoms with Gasteiger partial charge in [-0.1, -0.05) is 12.1 Å². The van der Waals surface area contributed by atoms with Gasteiger partial charge >= 0.3 is 5.97 Å². The van der Waals surface area contributed by atoms with Crippen LogP contribution in [0.2, 0.25) is 0 Å². The second-order valence-electron chi connectivity index (χ2n) is 3.71. The third-order valence-corrected chi connectivity index (χ3v) is 3.41. The number of hydrogen-bond donors (Lipinski definition) is 1. The van der Waals surface area contributed by atoms with E-state index in [1.165, 1.54) is 30.6 Å². The predicted molar refractivity (Wildman–Crippen MR) is 70.8 cm³/mol. The lowest BCUT2D eigenvalue weighted by Gasteiger charge is -2.08. The van der Waals surface area contributed by atoms with Gasteiger partial charge in [-0.05, 0) is 17.5 Å². The van der Waals surface area contributed by atoms with Crippen molar-refractivity contribution in [3.63, 3.8) is 0 Å². The third-order valence-electron chi connectivity index (χ3n) is 2.50. The van der Waals surface area contributed by atoms with E-state index in [0.29, 0.717) is 10.6 Å². The molecule has 0 aliphatic heterocycles. The standard InChI is InChI=1S/C13H12FNO3S/c1-17-10-4-2-3-8(11(10)14)7-18-13(16)12-9(15)5-6-19-12/h2-6H,7,15H2,1H3. The van der Waals surface area contributed by atoms with Crippen molar-refractivity contribution >= 4 is 23.0 Å². The Bertz CT molecular complexity index is 597. The van der Waals surface area contributed by atoms with Crippen LogP contribution in [0.5, 0.6) is 5.75 Å². The first-order valence-corrected chi connectivity index (χ1v) is 6.33. The molecule has 2 N–H and O–H groups in total. The number of carbonyl (C=O) groups excluding carboxylic acids is 1. The van der Waals surface area contributed by atoms with Gasteiger partial charge in [0.1, 0.15) is 11.5 Å². The summed E-state index contributed by atoms with van der Waals surface area (Å²) in [4.78, 5) is 12.0. The molecule has 6 heteroatoms. The Labute approximate surface area is 113 Å². The number of benzene rings is 1. The average molecular weight is 281 g/mol. The number of thiophene rings is 1. The fourth-order valence-corrected chi connectivity index (χ4v) is 2.23. The van der Waals surface area contributed by atoms with E-state index in [-0.39, 0.29) is 17.9 Å². The van der Waals surface area contributed by atoms with Crippen molar-refractivity contribution in [3.05, 3.63) is 45.9 Å². The van der Waals surface area contributed by atoms with Crippen LogP contribution in [-0.2, 0) is 11.3 Å². The number of methoxy groups -OCH3 is 1. The summed E-state index contributed by atoms with van der Waals surface area (Å²) < 4.78 is 23.7. The number of rotatable bonds is 4. The molecule has 0 amide bonds. The van der Waals surface area contributed by atoms with Crippen molar-refractivity contribution in [3.8, 4) is 5.75 Å². The predicted octanol–water partition coefficient (Wildman–Crippen LogP) is 2.84. The Morgan fingerprint density at radius 2 is 2.21 bits per heavy atom. The van der Waals surface area contributed by atoms with Crippen LogP contribution >= 0.6 is 11.3 Å². The summed E-state index contributed by atoms with van der Waals surface area (Å²) in [5.74, 6) is -0.976. The molecule has 0 saturated carbocycles. The number of anilines is 1. The van der Waals surface area contributed by atoms with Gasteiger partial charge in [-0.3, -0.25) is 0 Å². The number of nitrogen functional groups attached to an aromatic ring is 1. The van der Waals surface area contributed by atoms with Crippen molar-refractivity contribution in [2.45, 2.75) is 6.61 Å². The molecule has 19 heavy (non-hydrogen) atoms. The van der Waals surface area contributed by atoms with Gasteiger partial charge in [0, 0.05) is 5.56 Å². The fourth-order valence-electron chi connectivity index (χ4n) is 1.52. The maximum absolute atomic E-state index is 13.8. The largest absolute Gasteiger partial charge is 0.494 e. The summed E-state index contributed by atoms with van der Waals surface area (Å²) in [6.45, 7) is -0.167. The lowest BCUT2D eigenvalue weighted by molar-refractivity contribution is 0.0475. The van der Waals surface area contributed by atoms with Gasteiger partial charge in [-0.15, -0.1) is 11.3 Å². The van der Waals surface area contributed by atoms with Gasteiger partial charge in [-0.25, -0.2) is 9.18 Å². The molecule has 0 aliphatic rings. The Morgan fingerprint density at radius 3 is 2.84 bits per heavy atom. The molecule has 0 fully saturated rings. The van der Waals surface area contributed by atoms with E-state index in [2.05, 4.69) is 0 Å². The molecule has 1 aromatic heterocycles. The zero-order valence-corrected chi connectivity index (χ0v) is 11.0.